The number of ether oxygens (including phenoxy) is 6. The van der Waals surface area contributed by atoms with Crippen LogP contribution in [-0.2, 0) is 39.8 Å². The molecule has 272 valence electrons. The number of carbonyl (C=O) groups excluding carboxylic acids is 5. The van der Waals surface area contributed by atoms with E-state index < -0.39 is 66.7 Å². The Kier molecular flexibility index (Phi) is 13.2. The summed E-state index contributed by atoms with van der Waals surface area (Å²) >= 11 is 0. The molecule has 13 heteroatoms. The highest BCUT2D eigenvalue weighted by atomic mass is 16.7. The predicted octanol–water partition coefficient (Wildman–Crippen LogP) is 5.08. The van der Waals surface area contributed by atoms with Gasteiger partial charge in [0.25, 0.3) is 5.91 Å². The van der Waals surface area contributed by atoms with Gasteiger partial charge in [0.2, 0.25) is 5.75 Å². The second-order valence-electron chi connectivity index (χ2n) is 13.7. The number of pyridine rings is 1. The summed E-state index contributed by atoms with van der Waals surface area (Å²) in [6.07, 6.45) is 0.376. The van der Waals surface area contributed by atoms with Crippen LogP contribution >= 0.6 is 0 Å². The molecule has 1 amide bonds. The summed E-state index contributed by atoms with van der Waals surface area (Å²) in [7, 11) is 1.33. The van der Waals surface area contributed by atoms with Crippen molar-refractivity contribution in [3.63, 3.8) is 0 Å². The first-order chi connectivity index (χ1) is 23.8. The van der Waals surface area contributed by atoms with Gasteiger partial charge in [0.1, 0.15) is 24.7 Å². The van der Waals surface area contributed by atoms with E-state index in [2.05, 4.69) is 31.1 Å². The minimum absolute atomic E-state index is 0.0233. The zero-order chi connectivity index (χ0) is 36.5. The van der Waals surface area contributed by atoms with Crippen LogP contribution in [0.1, 0.15) is 76.9 Å². The number of carbonyl (C=O) groups is 5. The fraction of sp³-hybridized carbons (Fsp3) is 0.568. The monoisotopic (exact) mass is 696 g/mol. The maximum Gasteiger partial charge on any atom is 0.514 e. The Morgan fingerprint density at radius 3 is 2.36 bits per heavy atom. The SMILES string of the molecule is COc1ccnc(C(=O)N[C@H]2COC(=O)[C@H](Cc3ccccc3)C(OC(=O)C(C)C)[C@H](C)OC2=O)c1OC(=O)O[C@@H]1C[C@H](C)CC[C@H]1C(C)C. The zero-order valence-corrected chi connectivity index (χ0v) is 29.7. The summed E-state index contributed by atoms with van der Waals surface area (Å²) in [6.45, 7) is 10.5. The van der Waals surface area contributed by atoms with E-state index in [1.165, 1.54) is 26.3 Å². The van der Waals surface area contributed by atoms with Crippen LogP contribution in [0.4, 0.5) is 4.79 Å². The Bertz CT molecular complexity index is 1510. The normalized spacial score (nSPS) is 25.7. The molecule has 50 heavy (non-hydrogen) atoms. The third-order valence-corrected chi connectivity index (χ3v) is 9.17. The van der Waals surface area contributed by atoms with Crippen molar-refractivity contribution in [1.82, 2.24) is 10.3 Å². The van der Waals surface area contributed by atoms with Crippen molar-refractivity contribution >= 4 is 30.0 Å². The maximum absolute atomic E-state index is 13.7. The number of hydrogen-bond acceptors (Lipinski definition) is 12. The maximum atomic E-state index is 13.7. The molecular weight excluding hydrogens is 648 g/mol. The highest BCUT2D eigenvalue weighted by Gasteiger charge is 2.42. The van der Waals surface area contributed by atoms with E-state index in [1.54, 1.807) is 13.8 Å². The Morgan fingerprint density at radius 2 is 1.70 bits per heavy atom. The molecule has 1 aliphatic carbocycles. The highest BCUT2D eigenvalue weighted by Crippen LogP contribution is 2.36. The van der Waals surface area contributed by atoms with Crippen LogP contribution in [0, 0.1) is 29.6 Å². The molecule has 0 radical (unpaired) electrons. The molecule has 1 aromatic heterocycles. The molecule has 2 aromatic rings. The first-order valence-corrected chi connectivity index (χ1v) is 17.1. The number of benzene rings is 1. The molecule has 2 heterocycles. The molecule has 1 unspecified atom stereocenters. The fourth-order valence-corrected chi connectivity index (χ4v) is 6.31. The molecule has 1 saturated heterocycles. The van der Waals surface area contributed by atoms with Crippen molar-refractivity contribution < 1.29 is 52.4 Å². The quantitative estimate of drug-likeness (QED) is 0.259. The number of nitrogens with zero attached hydrogens (tertiary/aromatic N) is 1. The average Bonchev–Trinajstić information content (AvgIpc) is 3.10. The molecule has 1 aromatic carbocycles. The molecule has 0 spiro atoms. The van der Waals surface area contributed by atoms with Gasteiger partial charge < -0.3 is 33.7 Å². The molecular formula is C37H48N2O11. The summed E-state index contributed by atoms with van der Waals surface area (Å²) < 4.78 is 33.6. The van der Waals surface area contributed by atoms with Gasteiger partial charge in [-0.2, -0.15) is 0 Å². The minimum atomic E-state index is -1.49. The largest absolute Gasteiger partial charge is 0.514 e. The molecule has 1 saturated carbocycles. The third-order valence-electron chi connectivity index (χ3n) is 9.17. The molecule has 0 bridgehead atoms. The van der Waals surface area contributed by atoms with Crippen LogP contribution in [0.15, 0.2) is 42.6 Å². The lowest BCUT2D eigenvalue weighted by molar-refractivity contribution is -0.176. The lowest BCUT2D eigenvalue weighted by Crippen LogP contribution is -2.47. The van der Waals surface area contributed by atoms with Crippen molar-refractivity contribution in [1.29, 1.82) is 0 Å². The van der Waals surface area contributed by atoms with Crippen LogP contribution in [0.25, 0.3) is 0 Å². The Balaban J connectivity index is 1.55. The average molecular weight is 697 g/mol. The van der Waals surface area contributed by atoms with Crippen molar-refractivity contribution in [3.8, 4) is 11.5 Å². The summed E-state index contributed by atoms with van der Waals surface area (Å²) in [5.41, 5.74) is 0.395. The second-order valence-corrected chi connectivity index (χ2v) is 13.7. The van der Waals surface area contributed by atoms with Gasteiger partial charge in [-0.3, -0.25) is 14.4 Å². The Morgan fingerprint density at radius 1 is 0.980 bits per heavy atom. The summed E-state index contributed by atoms with van der Waals surface area (Å²) in [6, 6.07) is 8.99. The fourth-order valence-electron chi connectivity index (χ4n) is 6.31. The van der Waals surface area contributed by atoms with E-state index in [0.717, 1.165) is 18.4 Å². The van der Waals surface area contributed by atoms with Gasteiger partial charge in [-0.15, -0.1) is 0 Å². The number of aromatic nitrogens is 1. The molecule has 7 atom stereocenters. The summed E-state index contributed by atoms with van der Waals surface area (Å²) in [5, 5.41) is 2.49. The van der Waals surface area contributed by atoms with Crippen molar-refractivity contribution in [2.24, 2.45) is 29.6 Å². The van der Waals surface area contributed by atoms with Gasteiger partial charge in [-0.1, -0.05) is 71.4 Å². The van der Waals surface area contributed by atoms with E-state index in [1.807, 2.05) is 30.3 Å². The number of rotatable bonds is 10. The number of cyclic esters (lactones) is 2. The Labute approximate surface area is 292 Å². The zero-order valence-electron chi connectivity index (χ0n) is 29.7. The highest BCUT2D eigenvalue weighted by molar-refractivity contribution is 5.98. The smallest absolute Gasteiger partial charge is 0.493 e. The first kappa shape index (κ1) is 38.1. The van der Waals surface area contributed by atoms with E-state index in [4.69, 9.17) is 28.4 Å². The van der Waals surface area contributed by atoms with E-state index in [-0.39, 0.29) is 41.6 Å². The molecule has 1 aliphatic heterocycles. The van der Waals surface area contributed by atoms with Gasteiger partial charge in [-0.25, -0.2) is 14.6 Å². The number of hydrogen-bond donors (Lipinski definition) is 1. The topological polar surface area (TPSA) is 166 Å². The van der Waals surface area contributed by atoms with Gasteiger partial charge in [0, 0.05) is 12.3 Å². The molecule has 4 rings (SSSR count). The second kappa shape index (κ2) is 17.3. The van der Waals surface area contributed by atoms with Crippen molar-refractivity contribution in [2.75, 3.05) is 13.7 Å². The van der Waals surface area contributed by atoms with E-state index in [0.29, 0.717) is 12.3 Å². The van der Waals surface area contributed by atoms with E-state index >= 15 is 0 Å². The van der Waals surface area contributed by atoms with Gasteiger partial charge in [0.15, 0.2) is 23.6 Å². The number of amides is 1. The molecule has 2 aliphatic rings. The van der Waals surface area contributed by atoms with Gasteiger partial charge in [-0.05, 0) is 49.5 Å². The van der Waals surface area contributed by atoms with E-state index in [9.17, 15) is 24.0 Å². The van der Waals surface area contributed by atoms with Crippen LogP contribution in [0.2, 0.25) is 0 Å². The van der Waals surface area contributed by atoms with Crippen LogP contribution in [0.3, 0.4) is 0 Å². The number of methoxy groups -OCH3 is 1. The molecule has 13 nitrogen and oxygen atoms in total. The number of esters is 3. The minimum Gasteiger partial charge on any atom is -0.493 e. The van der Waals surface area contributed by atoms with Crippen LogP contribution in [0.5, 0.6) is 11.5 Å². The van der Waals surface area contributed by atoms with Crippen LogP contribution < -0.4 is 14.8 Å². The lowest BCUT2D eigenvalue weighted by atomic mass is 9.75. The first-order valence-electron chi connectivity index (χ1n) is 17.1. The van der Waals surface area contributed by atoms with Crippen molar-refractivity contribution in [3.05, 3.63) is 53.9 Å². The van der Waals surface area contributed by atoms with Gasteiger partial charge in [0.05, 0.1) is 13.0 Å². The number of nitrogens with one attached hydrogen (secondary N) is 1. The lowest BCUT2D eigenvalue weighted by Gasteiger charge is -2.36. The van der Waals surface area contributed by atoms with Crippen LogP contribution in [-0.4, -0.2) is 73.0 Å². The molecule has 1 N–H and O–H groups in total. The van der Waals surface area contributed by atoms with Gasteiger partial charge >= 0.3 is 24.1 Å². The predicted molar refractivity (Wildman–Crippen MR) is 179 cm³/mol. The van der Waals surface area contributed by atoms with Crippen molar-refractivity contribution in [2.45, 2.75) is 91.6 Å². The standard InChI is InChI=1S/C37H48N2O11/c1-20(2)25-14-13-22(5)17-29(25)48-37(44)50-32-28(45-7)15-16-38-30(32)33(40)39-27-19-46-35(42)26(18-24-11-9-8-10-12-24)31(23(6)47-36(27)43)49-34(41)21(3)4/h8-12,15-16,20-23,25-27,29,31H,13-14,17-19H2,1-7H3,(H,39,40)/t22-,23+,25+,26-,27+,29-,31?/m1/s1. The molecule has 2 fully saturated rings. The summed E-state index contributed by atoms with van der Waals surface area (Å²) in [5.74, 6) is -4.24. The summed E-state index contributed by atoms with van der Waals surface area (Å²) in [4.78, 5) is 70.6. The third kappa shape index (κ3) is 9.72. The Hall–Kier alpha value is -4.68.